The van der Waals surface area contributed by atoms with Gasteiger partial charge in [0.1, 0.15) is 5.75 Å². The van der Waals surface area contributed by atoms with E-state index in [1.807, 2.05) is 24.3 Å². The molecule has 2 aromatic carbocycles. The topological polar surface area (TPSA) is 21.3 Å². The van der Waals surface area contributed by atoms with Crippen molar-refractivity contribution in [1.29, 1.82) is 0 Å². The fourth-order valence-corrected chi connectivity index (χ4v) is 2.52. The number of aryl methyl sites for hydroxylation is 3. The van der Waals surface area contributed by atoms with Gasteiger partial charge < -0.3 is 10.1 Å². The van der Waals surface area contributed by atoms with Gasteiger partial charge in [-0.3, -0.25) is 0 Å². The van der Waals surface area contributed by atoms with Crippen LogP contribution in [0.3, 0.4) is 0 Å². The molecule has 0 saturated heterocycles. The highest BCUT2D eigenvalue weighted by Gasteiger charge is 2.11. The van der Waals surface area contributed by atoms with Gasteiger partial charge in [0.2, 0.25) is 0 Å². The highest BCUT2D eigenvalue weighted by Crippen LogP contribution is 2.29. The van der Waals surface area contributed by atoms with Crippen LogP contribution in [0.15, 0.2) is 36.4 Å². The largest absolute Gasteiger partial charge is 0.495 e. The van der Waals surface area contributed by atoms with Crippen molar-refractivity contribution in [3.05, 3.63) is 58.7 Å². The highest BCUT2D eigenvalue weighted by molar-refractivity contribution is 5.57. The first-order chi connectivity index (χ1) is 9.52. The number of anilines is 1. The zero-order valence-electron chi connectivity index (χ0n) is 12.9. The van der Waals surface area contributed by atoms with Crippen molar-refractivity contribution in [1.82, 2.24) is 0 Å². The molecule has 0 spiro atoms. The molecule has 0 aliphatic heterocycles. The third kappa shape index (κ3) is 2.96. The maximum absolute atomic E-state index is 5.39. The van der Waals surface area contributed by atoms with E-state index < -0.39 is 0 Å². The lowest BCUT2D eigenvalue weighted by Crippen LogP contribution is -2.09. The minimum Gasteiger partial charge on any atom is -0.495 e. The summed E-state index contributed by atoms with van der Waals surface area (Å²) in [5.74, 6) is 0.876. The summed E-state index contributed by atoms with van der Waals surface area (Å²) >= 11 is 0. The maximum Gasteiger partial charge on any atom is 0.141 e. The fourth-order valence-electron chi connectivity index (χ4n) is 2.52. The van der Waals surface area contributed by atoms with Crippen molar-refractivity contribution >= 4 is 5.69 Å². The molecule has 0 bridgehead atoms. The number of para-hydroxylation sites is 2. The van der Waals surface area contributed by atoms with Crippen LogP contribution in [0, 0.1) is 20.8 Å². The smallest absolute Gasteiger partial charge is 0.141 e. The number of nitrogens with one attached hydrogen (secondary N) is 1. The Balaban J connectivity index is 2.28. The number of ether oxygens (including phenoxy) is 1. The van der Waals surface area contributed by atoms with E-state index in [9.17, 15) is 0 Å². The van der Waals surface area contributed by atoms with Crippen molar-refractivity contribution in [3.8, 4) is 5.75 Å². The molecule has 0 amide bonds. The molecule has 1 unspecified atom stereocenters. The summed E-state index contributed by atoms with van der Waals surface area (Å²) in [6.07, 6.45) is 0. The van der Waals surface area contributed by atoms with Crippen LogP contribution in [0.5, 0.6) is 5.75 Å². The first kappa shape index (κ1) is 14.4. The van der Waals surface area contributed by atoms with E-state index in [1.54, 1.807) is 7.11 Å². The van der Waals surface area contributed by atoms with Crippen LogP contribution < -0.4 is 10.1 Å². The average Bonchev–Trinajstić information content (AvgIpc) is 2.43. The van der Waals surface area contributed by atoms with Gasteiger partial charge in [-0.15, -0.1) is 0 Å². The molecule has 1 atom stereocenters. The highest BCUT2D eigenvalue weighted by atomic mass is 16.5. The molecule has 2 aromatic rings. The molecule has 0 radical (unpaired) electrons. The number of benzene rings is 2. The molecule has 20 heavy (non-hydrogen) atoms. The standard InChI is InChI=1S/C18H23NO/c1-12-10-14(3)16(11-13(12)2)15(4)19-17-8-6-7-9-18(17)20-5/h6-11,15,19H,1-5H3. The summed E-state index contributed by atoms with van der Waals surface area (Å²) in [5.41, 5.74) is 6.36. The summed E-state index contributed by atoms with van der Waals surface area (Å²) in [4.78, 5) is 0. The second kappa shape index (κ2) is 6.00. The number of hydrogen-bond donors (Lipinski definition) is 1. The molecule has 2 nitrogen and oxygen atoms in total. The van der Waals surface area contributed by atoms with Crippen LogP contribution in [0.1, 0.15) is 35.2 Å². The van der Waals surface area contributed by atoms with Crippen LogP contribution in [-0.4, -0.2) is 7.11 Å². The van der Waals surface area contributed by atoms with Crippen LogP contribution in [-0.2, 0) is 0 Å². The molecule has 0 aliphatic rings. The van der Waals surface area contributed by atoms with E-state index in [4.69, 9.17) is 4.74 Å². The molecule has 2 heteroatoms. The van der Waals surface area contributed by atoms with Crippen LogP contribution >= 0.6 is 0 Å². The zero-order valence-corrected chi connectivity index (χ0v) is 12.9. The van der Waals surface area contributed by atoms with Gasteiger partial charge in [-0.25, -0.2) is 0 Å². The van der Waals surface area contributed by atoms with Gasteiger partial charge in [-0.05, 0) is 62.1 Å². The van der Waals surface area contributed by atoms with E-state index >= 15 is 0 Å². The first-order valence-corrected chi connectivity index (χ1v) is 7.00. The minimum atomic E-state index is 0.241. The zero-order chi connectivity index (χ0) is 14.7. The van der Waals surface area contributed by atoms with E-state index in [-0.39, 0.29) is 6.04 Å². The summed E-state index contributed by atoms with van der Waals surface area (Å²) in [7, 11) is 1.70. The van der Waals surface area contributed by atoms with E-state index in [0.717, 1.165) is 11.4 Å². The summed E-state index contributed by atoms with van der Waals surface area (Å²) in [6, 6.07) is 12.8. The Bertz CT molecular complexity index is 604. The summed E-state index contributed by atoms with van der Waals surface area (Å²) in [5, 5.41) is 3.54. The summed E-state index contributed by atoms with van der Waals surface area (Å²) < 4.78 is 5.39. The minimum absolute atomic E-state index is 0.241. The van der Waals surface area contributed by atoms with E-state index in [0.29, 0.717) is 0 Å². The molecular formula is C18H23NO. The Morgan fingerprint density at radius 2 is 1.60 bits per heavy atom. The van der Waals surface area contributed by atoms with Crippen molar-refractivity contribution in [2.75, 3.05) is 12.4 Å². The van der Waals surface area contributed by atoms with Gasteiger partial charge in [0.15, 0.2) is 0 Å². The normalized spacial score (nSPS) is 12.1. The van der Waals surface area contributed by atoms with Gasteiger partial charge in [0, 0.05) is 6.04 Å². The Kier molecular flexibility index (Phi) is 4.33. The Morgan fingerprint density at radius 3 is 2.30 bits per heavy atom. The molecular weight excluding hydrogens is 246 g/mol. The SMILES string of the molecule is COc1ccccc1NC(C)c1cc(C)c(C)cc1C. The van der Waals surface area contributed by atoms with Gasteiger partial charge in [-0.1, -0.05) is 24.3 Å². The van der Waals surface area contributed by atoms with Crippen LogP contribution in [0.4, 0.5) is 5.69 Å². The van der Waals surface area contributed by atoms with Crippen molar-refractivity contribution in [3.63, 3.8) is 0 Å². The Labute approximate surface area is 121 Å². The van der Waals surface area contributed by atoms with Gasteiger partial charge >= 0.3 is 0 Å². The van der Waals surface area contributed by atoms with E-state index in [2.05, 4.69) is 45.1 Å². The lowest BCUT2D eigenvalue weighted by molar-refractivity contribution is 0.416. The summed E-state index contributed by atoms with van der Waals surface area (Å²) in [6.45, 7) is 8.67. The van der Waals surface area contributed by atoms with Crippen LogP contribution in [0.2, 0.25) is 0 Å². The predicted octanol–water partition coefficient (Wildman–Crippen LogP) is 4.79. The maximum atomic E-state index is 5.39. The van der Waals surface area contributed by atoms with Gasteiger partial charge in [0.25, 0.3) is 0 Å². The third-order valence-corrected chi connectivity index (χ3v) is 3.83. The van der Waals surface area contributed by atoms with Crippen molar-refractivity contribution < 1.29 is 4.74 Å². The second-order valence-corrected chi connectivity index (χ2v) is 5.36. The van der Waals surface area contributed by atoms with Gasteiger partial charge in [-0.2, -0.15) is 0 Å². The molecule has 0 aromatic heterocycles. The number of hydrogen-bond acceptors (Lipinski definition) is 2. The lowest BCUT2D eigenvalue weighted by atomic mass is 9.96. The molecule has 0 aliphatic carbocycles. The lowest BCUT2D eigenvalue weighted by Gasteiger charge is -2.20. The number of methoxy groups -OCH3 is 1. The second-order valence-electron chi connectivity index (χ2n) is 5.36. The monoisotopic (exact) mass is 269 g/mol. The Hall–Kier alpha value is -1.96. The third-order valence-electron chi connectivity index (χ3n) is 3.83. The molecule has 2 rings (SSSR count). The Morgan fingerprint density at radius 1 is 0.950 bits per heavy atom. The average molecular weight is 269 g/mol. The molecule has 0 saturated carbocycles. The predicted molar refractivity (Wildman–Crippen MR) is 85.7 cm³/mol. The van der Waals surface area contributed by atoms with E-state index in [1.165, 1.54) is 22.3 Å². The quantitative estimate of drug-likeness (QED) is 0.861. The first-order valence-electron chi connectivity index (χ1n) is 7.00. The van der Waals surface area contributed by atoms with Crippen molar-refractivity contribution in [2.45, 2.75) is 33.7 Å². The van der Waals surface area contributed by atoms with Gasteiger partial charge in [0.05, 0.1) is 12.8 Å². The van der Waals surface area contributed by atoms with Crippen molar-refractivity contribution in [2.24, 2.45) is 0 Å². The molecule has 0 fully saturated rings. The number of rotatable bonds is 4. The van der Waals surface area contributed by atoms with Crippen LogP contribution in [0.25, 0.3) is 0 Å². The molecule has 0 heterocycles. The molecule has 1 N–H and O–H groups in total. The fraction of sp³-hybridized carbons (Fsp3) is 0.333. The molecule has 106 valence electrons.